The van der Waals surface area contributed by atoms with Crippen molar-refractivity contribution < 1.29 is 13.2 Å². The zero-order valence-corrected chi connectivity index (χ0v) is 6.80. The average molecular weight is 193 g/mol. The fraction of sp³-hybridized carbons (Fsp3) is 0.714. The van der Waals surface area contributed by atoms with Gasteiger partial charge < -0.3 is 15.5 Å². The Bertz CT molecular complexity index is 226. The number of alkyl halides is 3. The number of piperazine rings is 1. The summed E-state index contributed by atoms with van der Waals surface area (Å²) in [5, 5.41) is 5.41. The van der Waals surface area contributed by atoms with Gasteiger partial charge in [-0.25, -0.2) is 0 Å². The molecule has 2 aliphatic heterocycles. The summed E-state index contributed by atoms with van der Waals surface area (Å²) in [6, 6.07) is -1.41. The molecular formula is C7H10F3N3. The van der Waals surface area contributed by atoms with Crippen LogP contribution in [0.15, 0.2) is 12.4 Å². The Morgan fingerprint density at radius 3 is 2.85 bits per heavy atom. The monoisotopic (exact) mass is 193 g/mol. The average Bonchev–Trinajstić information content (AvgIpc) is 2.47. The first-order valence-electron chi connectivity index (χ1n) is 4.06. The van der Waals surface area contributed by atoms with E-state index in [1.54, 1.807) is 17.3 Å². The molecule has 0 bridgehead atoms. The molecule has 2 N–H and O–H groups in total. The zero-order valence-electron chi connectivity index (χ0n) is 6.80. The molecule has 0 amide bonds. The maximum absolute atomic E-state index is 12.3. The van der Waals surface area contributed by atoms with E-state index in [0.29, 0.717) is 6.54 Å². The number of fused-ring (bicyclic) bond motifs is 1. The van der Waals surface area contributed by atoms with Crippen LogP contribution < -0.4 is 10.6 Å². The molecule has 0 aromatic carbocycles. The zero-order chi connectivity index (χ0) is 9.47. The first-order valence-corrected chi connectivity index (χ1v) is 4.06. The molecule has 0 aromatic heterocycles. The van der Waals surface area contributed by atoms with E-state index in [9.17, 15) is 13.2 Å². The number of halogens is 3. The quantitative estimate of drug-likeness (QED) is 0.576. The van der Waals surface area contributed by atoms with Gasteiger partial charge in [0.1, 0.15) is 12.2 Å². The molecule has 1 saturated heterocycles. The highest BCUT2D eigenvalue weighted by atomic mass is 19.4. The van der Waals surface area contributed by atoms with E-state index >= 15 is 0 Å². The molecule has 3 nitrogen and oxygen atoms in total. The Labute approximate surface area is 73.6 Å². The topological polar surface area (TPSA) is 27.3 Å². The second kappa shape index (κ2) is 2.80. The Morgan fingerprint density at radius 1 is 1.38 bits per heavy atom. The lowest BCUT2D eigenvalue weighted by atomic mass is 10.2. The van der Waals surface area contributed by atoms with Crippen molar-refractivity contribution >= 4 is 0 Å². The van der Waals surface area contributed by atoms with Gasteiger partial charge in [0.2, 0.25) is 0 Å². The Balaban J connectivity index is 2.01. The van der Waals surface area contributed by atoms with E-state index < -0.39 is 12.2 Å². The van der Waals surface area contributed by atoms with Crippen LogP contribution >= 0.6 is 0 Å². The summed E-state index contributed by atoms with van der Waals surface area (Å²) < 4.78 is 36.8. The summed E-state index contributed by atoms with van der Waals surface area (Å²) in [4.78, 5) is 1.66. The fourth-order valence-electron chi connectivity index (χ4n) is 1.56. The number of nitrogens with zero attached hydrogens (tertiary/aromatic N) is 1. The van der Waals surface area contributed by atoms with Crippen LogP contribution in [-0.2, 0) is 0 Å². The van der Waals surface area contributed by atoms with Crippen LogP contribution in [0.2, 0.25) is 0 Å². The minimum Gasteiger partial charge on any atom is -0.369 e. The van der Waals surface area contributed by atoms with Crippen molar-refractivity contribution in [1.29, 1.82) is 0 Å². The molecule has 74 valence electrons. The van der Waals surface area contributed by atoms with Gasteiger partial charge in [-0.3, -0.25) is 0 Å². The number of nitrogens with one attached hydrogen (secondary N) is 2. The Morgan fingerprint density at radius 2 is 2.15 bits per heavy atom. The van der Waals surface area contributed by atoms with Crippen molar-refractivity contribution in [3.8, 4) is 0 Å². The SMILES string of the molecule is FC(F)(F)C1CN2C=CNC2CN1. The molecule has 2 aliphatic rings. The van der Waals surface area contributed by atoms with Gasteiger partial charge in [0.15, 0.2) is 0 Å². The summed E-state index contributed by atoms with van der Waals surface area (Å²) in [6.45, 7) is 0.300. The number of rotatable bonds is 0. The van der Waals surface area contributed by atoms with Gasteiger partial charge in [-0.05, 0) is 0 Å². The van der Waals surface area contributed by atoms with Crippen molar-refractivity contribution in [3.05, 3.63) is 12.4 Å². The molecule has 0 saturated carbocycles. The number of hydrogen-bond acceptors (Lipinski definition) is 3. The third-order valence-corrected chi connectivity index (χ3v) is 2.30. The van der Waals surface area contributed by atoms with Crippen LogP contribution in [0.1, 0.15) is 0 Å². The van der Waals surface area contributed by atoms with Crippen LogP contribution in [0, 0.1) is 0 Å². The van der Waals surface area contributed by atoms with Gasteiger partial charge in [-0.15, -0.1) is 0 Å². The van der Waals surface area contributed by atoms with Crippen molar-refractivity contribution in [2.24, 2.45) is 0 Å². The molecule has 0 aromatic rings. The highest BCUT2D eigenvalue weighted by Gasteiger charge is 2.44. The minimum atomic E-state index is -4.15. The normalized spacial score (nSPS) is 33.0. The summed E-state index contributed by atoms with van der Waals surface area (Å²) >= 11 is 0. The lowest BCUT2D eigenvalue weighted by Gasteiger charge is -2.37. The third kappa shape index (κ3) is 1.58. The summed E-state index contributed by atoms with van der Waals surface area (Å²) in [5.74, 6) is 0. The molecule has 1 fully saturated rings. The molecule has 2 heterocycles. The lowest BCUT2D eigenvalue weighted by Crippen LogP contribution is -2.60. The highest BCUT2D eigenvalue weighted by Crippen LogP contribution is 2.24. The van der Waals surface area contributed by atoms with E-state index in [2.05, 4.69) is 10.6 Å². The van der Waals surface area contributed by atoms with E-state index in [4.69, 9.17) is 0 Å². The van der Waals surface area contributed by atoms with E-state index in [0.717, 1.165) is 0 Å². The third-order valence-electron chi connectivity index (χ3n) is 2.30. The molecule has 13 heavy (non-hydrogen) atoms. The molecule has 2 unspecified atom stereocenters. The van der Waals surface area contributed by atoms with Gasteiger partial charge in [0.05, 0.1) is 0 Å². The second-order valence-electron chi connectivity index (χ2n) is 3.20. The first-order chi connectivity index (χ1) is 6.07. The van der Waals surface area contributed by atoms with Gasteiger partial charge in [-0.1, -0.05) is 0 Å². The largest absolute Gasteiger partial charge is 0.405 e. The van der Waals surface area contributed by atoms with E-state index in [1.165, 1.54) is 0 Å². The maximum Gasteiger partial charge on any atom is 0.405 e. The van der Waals surface area contributed by atoms with Gasteiger partial charge >= 0.3 is 6.18 Å². The standard InChI is InChI=1S/C7H10F3N3/c8-7(9,10)5-4-13-2-1-11-6(13)3-12-5/h1-2,5-6,11-12H,3-4H2. The summed E-state index contributed by atoms with van der Waals surface area (Å²) in [5.41, 5.74) is 0. The van der Waals surface area contributed by atoms with Crippen LogP contribution in [-0.4, -0.2) is 36.4 Å². The van der Waals surface area contributed by atoms with E-state index in [1.807, 2.05) is 0 Å². The van der Waals surface area contributed by atoms with Crippen molar-refractivity contribution in [2.75, 3.05) is 13.1 Å². The first kappa shape index (κ1) is 8.68. The predicted octanol–water partition coefficient (Wildman–Crippen LogP) is 0.223. The van der Waals surface area contributed by atoms with Crippen LogP contribution in [0.5, 0.6) is 0 Å². The van der Waals surface area contributed by atoms with Crippen LogP contribution in [0.25, 0.3) is 0 Å². The Kier molecular flexibility index (Phi) is 1.87. The molecule has 0 spiro atoms. The van der Waals surface area contributed by atoms with Crippen molar-refractivity contribution in [3.63, 3.8) is 0 Å². The van der Waals surface area contributed by atoms with E-state index in [-0.39, 0.29) is 12.7 Å². The van der Waals surface area contributed by atoms with Gasteiger partial charge in [0.25, 0.3) is 0 Å². The molecule has 2 rings (SSSR count). The molecule has 6 heteroatoms. The summed E-state index contributed by atoms with van der Waals surface area (Å²) in [7, 11) is 0. The van der Waals surface area contributed by atoms with Crippen molar-refractivity contribution in [2.45, 2.75) is 18.4 Å². The molecule has 0 radical (unpaired) electrons. The van der Waals surface area contributed by atoms with Crippen molar-refractivity contribution in [1.82, 2.24) is 15.5 Å². The minimum absolute atomic E-state index is 0.0152. The molecular weight excluding hydrogens is 183 g/mol. The predicted molar refractivity (Wildman–Crippen MR) is 40.6 cm³/mol. The van der Waals surface area contributed by atoms with Gasteiger partial charge in [0, 0.05) is 25.5 Å². The van der Waals surface area contributed by atoms with Crippen LogP contribution in [0.3, 0.4) is 0 Å². The molecule has 2 atom stereocenters. The molecule has 0 aliphatic carbocycles. The highest BCUT2D eigenvalue weighted by molar-refractivity contribution is 5.01. The lowest BCUT2D eigenvalue weighted by molar-refractivity contribution is -0.165. The van der Waals surface area contributed by atoms with Gasteiger partial charge in [-0.2, -0.15) is 13.2 Å². The smallest absolute Gasteiger partial charge is 0.369 e. The fourth-order valence-corrected chi connectivity index (χ4v) is 1.56. The maximum atomic E-state index is 12.3. The second-order valence-corrected chi connectivity index (χ2v) is 3.20. The summed E-state index contributed by atoms with van der Waals surface area (Å²) in [6.07, 6.45) is -0.838. The Hall–Kier alpha value is -0.910. The van der Waals surface area contributed by atoms with Crippen LogP contribution in [0.4, 0.5) is 13.2 Å². The number of hydrogen-bond donors (Lipinski definition) is 2.